The molecule has 4 nitrogen and oxygen atoms in total. The van der Waals surface area contributed by atoms with Gasteiger partial charge in [0.2, 0.25) is 0 Å². The number of anilines is 1. The molecule has 0 radical (unpaired) electrons. The summed E-state index contributed by atoms with van der Waals surface area (Å²) in [4.78, 5) is 9.48. The van der Waals surface area contributed by atoms with Crippen LogP contribution in [-0.2, 0) is 0 Å². The van der Waals surface area contributed by atoms with Crippen LogP contribution < -0.4 is 10.2 Å². The van der Waals surface area contributed by atoms with Crippen molar-refractivity contribution in [2.75, 3.05) is 38.6 Å². The second-order valence-corrected chi connectivity index (χ2v) is 6.26. The van der Waals surface area contributed by atoms with Gasteiger partial charge in [-0.2, -0.15) is 0 Å². The zero-order valence-electron chi connectivity index (χ0n) is 14.0. The Morgan fingerprint density at radius 2 is 2.33 bits per heavy atom. The average molecular weight is 290 g/mol. The first-order chi connectivity index (χ1) is 10.1. The summed E-state index contributed by atoms with van der Waals surface area (Å²) in [6.45, 7) is 7.83. The second kappa shape index (κ2) is 7.76. The minimum Gasteiger partial charge on any atom is -0.355 e. The Kier molecular flexibility index (Phi) is 6.00. The summed E-state index contributed by atoms with van der Waals surface area (Å²) < 4.78 is 0. The fourth-order valence-corrected chi connectivity index (χ4v) is 3.14. The molecule has 0 saturated carbocycles. The molecule has 2 heterocycles. The number of pyridine rings is 1. The zero-order valence-corrected chi connectivity index (χ0v) is 14.0. The van der Waals surface area contributed by atoms with Crippen LogP contribution in [0.15, 0.2) is 18.3 Å². The molecule has 1 fully saturated rings. The fourth-order valence-electron chi connectivity index (χ4n) is 3.14. The Bertz CT molecular complexity index is 435. The minimum absolute atomic E-state index is 0.345. The van der Waals surface area contributed by atoms with Crippen LogP contribution in [0.4, 0.5) is 5.82 Å². The summed E-state index contributed by atoms with van der Waals surface area (Å²) in [5, 5.41) is 3.58. The highest BCUT2D eigenvalue weighted by Gasteiger charge is 2.24. The van der Waals surface area contributed by atoms with E-state index in [1.165, 1.54) is 24.9 Å². The van der Waals surface area contributed by atoms with Crippen LogP contribution in [-0.4, -0.2) is 49.7 Å². The molecule has 0 spiro atoms. The van der Waals surface area contributed by atoms with Gasteiger partial charge < -0.3 is 15.1 Å². The molecule has 2 unspecified atom stereocenters. The normalized spacial score (nSPS) is 21.2. The Morgan fingerprint density at radius 1 is 1.52 bits per heavy atom. The first kappa shape index (κ1) is 16.2. The number of piperidine rings is 1. The molecule has 1 aliphatic heterocycles. The molecule has 1 saturated heterocycles. The van der Waals surface area contributed by atoms with E-state index >= 15 is 0 Å². The maximum absolute atomic E-state index is 4.68. The summed E-state index contributed by atoms with van der Waals surface area (Å²) in [6, 6.07) is 5.16. The summed E-state index contributed by atoms with van der Waals surface area (Å²) in [5.41, 5.74) is 1.31. The van der Waals surface area contributed by atoms with E-state index in [9.17, 15) is 0 Å². The number of nitrogens with zero attached hydrogens (tertiary/aromatic N) is 3. The third-order valence-electron chi connectivity index (χ3n) is 4.47. The summed E-state index contributed by atoms with van der Waals surface area (Å²) in [6.07, 6.45) is 5.60. The molecule has 2 rings (SSSR count). The Hall–Kier alpha value is -1.13. The maximum Gasteiger partial charge on any atom is 0.133 e. The summed E-state index contributed by atoms with van der Waals surface area (Å²) in [7, 11) is 4.41. The fraction of sp³-hybridized carbons (Fsp3) is 0.706. The molecule has 1 N–H and O–H groups in total. The Morgan fingerprint density at radius 3 is 3.05 bits per heavy atom. The molecule has 118 valence electrons. The van der Waals surface area contributed by atoms with E-state index in [0.717, 1.165) is 25.3 Å². The Balaban J connectivity index is 2.14. The van der Waals surface area contributed by atoms with Gasteiger partial charge in [0.1, 0.15) is 5.82 Å². The van der Waals surface area contributed by atoms with Crippen molar-refractivity contribution in [3.05, 3.63) is 23.9 Å². The van der Waals surface area contributed by atoms with Crippen molar-refractivity contribution in [3.8, 4) is 0 Å². The standard InChI is InChI=1S/C17H30N4/c1-5-10-18-14(2)16-9-6-11-19-17(16)21(4)15-8-7-12-20(3)13-15/h6,9,11,14-15,18H,5,7-8,10,12-13H2,1-4H3. The predicted octanol–water partition coefficient (Wildman–Crippen LogP) is 2.67. The second-order valence-electron chi connectivity index (χ2n) is 6.26. The van der Waals surface area contributed by atoms with Crippen molar-refractivity contribution < 1.29 is 0 Å². The highest BCUT2D eigenvalue weighted by Crippen LogP contribution is 2.26. The molecule has 0 aliphatic carbocycles. The molecular formula is C17H30N4. The quantitative estimate of drug-likeness (QED) is 0.873. The van der Waals surface area contributed by atoms with E-state index in [2.05, 4.69) is 54.1 Å². The van der Waals surface area contributed by atoms with Crippen molar-refractivity contribution in [2.24, 2.45) is 0 Å². The van der Waals surface area contributed by atoms with Crippen molar-refractivity contribution in [2.45, 2.75) is 45.2 Å². The number of likely N-dealkylation sites (N-methyl/N-ethyl adjacent to an activating group) is 2. The van der Waals surface area contributed by atoms with Gasteiger partial charge in [-0.25, -0.2) is 4.98 Å². The Labute approximate surface area is 129 Å². The number of likely N-dealkylation sites (tertiary alicyclic amines) is 1. The third-order valence-corrected chi connectivity index (χ3v) is 4.47. The highest BCUT2D eigenvalue weighted by molar-refractivity contribution is 5.48. The topological polar surface area (TPSA) is 31.4 Å². The van der Waals surface area contributed by atoms with Crippen LogP contribution in [0, 0.1) is 0 Å². The van der Waals surface area contributed by atoms with Gasteiger partial charge >= 0.3 is 0 Å². The molecule has 0 amide bonds. The highest BCUT2D eigenvalue weighted by atomic mass is 15.2. The van der Waals surface area contributed by atoms with E-state index in [0.29, 0.717) is 12.1 Å². The van der Waals surface area contributed by atoms with Crippen LogP contribution >= 0.6 is 0 Å². The molecule has 4 heteroatoms. The van der Waals surface area contributed by atoms with E-state index in [1.54, 1.807) is 0 Å². The molecule has 1 aromatic rings. The van der Waals surface area contributed by atoms with Gasteiger partial charge in [-0.3, -0.25) is 0 Å². The van der Waals surface area contributed by atoms with Crippen LogP contribution in [0.1, 0.15) is 44.7 Å². The predicted molar refractivity (Wildman–Crippen MR) is 89.9 cm³/mol. The SMILES string of the molecule is CCCNC(C)c1cccnc1N(C)C1CCCN(C)C1. The monoisotopic (exact) mass is 290 g/mol. The molecule has 0 aromatic carbocycles. The number of hydrogen-bond donors (Lipinski definition) is 1. The largest absolute Gasteiger partial charge is 0.355 e. The van der Waals surface area contributed by atoms with E-state index in [-0.39, 0.29) is 0 Å². The van der Waals surface area contributed by atoms with Gasteiger partial charge in [-0.1, -0.05) is 13.0 Å². The molecule has 2 atom stereocenters. The summed E-state index contributed by atoms with van der Waals surface area (Å²) >= 11 is 0. The number of hydrogen-bond acceptors (Lipinski definition) is 4. The van der Waals surface area contributed by atoms with Crippen molar-refractivity contribution in [1.29, 1.82) is 0 Å². The lowest BCUT2D eigenvalue weighted by Crippen LogP contribution is -2.45. The number of nitrogens with one attached hydrogen (secondary N) is 1. The van der Waals surface area contributed by atoms with E-state index in [4.69, 9.17) is 0 Å². The first-order valence-electron chi connectivity index (χ1n) is 8.23. The van der Waals surface area contributed by atoms with Crippen molar-refractivity contribution in [3.63, 3.8) is 0 Å². The summed E-state index contributed by atoms with van der Waals surface area (Å²) in [5.74, 6) is 1.13. The zero-order chi connectivity index (χ0) is 15.2. The van der Waals surface area contributed by atoms with Gasteiger partial charge in [0.25, 0.3) is 0 Å². The molecular weight excluding hydrogens is 260 g/mol. The lowest BCUT2D eigenvalue weighted by molar-refractivity contribution is 0.247. The minimum atomic E-state index is 0.345. The van der Waals surface area contributed by atoms with Gasteiger partial charge in [0.05, 0.1) is 0 Å². The van der Waals surface area contributed by atoms with Gasteiger partial charge in [0, 0.05) is 37.4 Å². The van der Waals surface area contributed by atoms with E-state index in [1.807, 2.05) is 12.3 Å². The van der Waals surface area contributed by atoms with Crippen LogP contribution in [0.25, 0.3) is 0 Å². The molecule has 1 aliphatic rings. The van der Waals surface area contributed by atoms with Crippen molar-refractivity contribution in [1.82, 2.24) is 15.2 Å². The average Bonchev–Trinajstić information content (AvgIpc) is 2.52. The van der Waals surface area contributed by atoms with Gasteiger partial charge in [0.15, 0.2) is 0 Å². The number of aromatic nitrogens is 1. The van der Waals surface area contributed by atoms with Crippen LogP contribution in [0.2, 0.25) is 0 Å². The van der Waals surface area contributed by atoms with Crippen molar-refractivity contribution >= 4 is 5.82 Å². The molecule has 0 bridgehead atoms. The molecule has 1 aromatic heterocycles. The lowest BCUT2D eigenvalue weighted by atomic mass is 10.0. The van der Waals surface area contributed by atoms with Gasteiger partial charge in [-0.05, 0) is 52.4 Å². The number of rotatable bonds is 6. The molecule has 21 heavy (non-hydrogen) atoms. The maximum atomic E-state index is 4.68. The van der Waals surface area contributed by atoms with Crippen LogP contribution in [0.3, 0.4) is 0 Å². The lowest BCUT2D eigenvalue weighted by Gasteiger charge is -2.37. The van der Waals surface area contributed by atoms with Gasteiger partial charge in [-0.15, -0.1) is 0 Å². The van der Waals surface area contributed by atoms with E-state index < -0.39 is 0 Å². The first-order valence-corrected chi connectivity index (χ1v) is 8.23. The third kappa shape index (κ3) is 4.17. The van der Waals surface area contributed by atoms with Crippen LogP contribution in [0.5, 0.6) is 0 Å². The smallest absolute Gasteiger partial charge is 0.133 e.